The Bertz CT molecular complexity index is 835. The molecule has 0 radical (unpaired) electrons. The lowest BCUT2D eigenvalue weighted by atomic mass is 10.1. The van der Waals surface area contributed by atoms with Gasteiger partial charge in [-0.15, -0.1) is 0 Å². The first-order valence-electron chi connectivity index (χ1n) is 8.70. The summed E-state index contributed by atoms with van der Waals surface area (Å²) in [5.74, 6) is 2.33. The van der Waals surface area contributed by atoms with Crippen molar-refractivity contribution in [2.24, 2.45) is 0 Å². The SMILES string of the molecule is COc1ccc(-c2nc(-c3cccc(CN4CCCC4)c3)n[nH]2)cc1. The van der Waals surface area contributed by atoms with Gasteiger partial charge in [-0.05, 0) is 61.8 Å². The molecule has 0 spiro atoms. The van der Waals surface area contributed by atoms with E-state index in [2.05, 4.69) is 44.3 Å². The molecule has 1 aliphatic rings. The van der Waals surface area contributed by atoms with Gasteiger partial charge in [-0.2, -0.15) is 5.10 Å². The van der Waals surface area contributed by atoms with Crippen LogP contribution < -0.4 is 4.74 Å². The highest BCUT2D eigenvalue weighted by Gasteiger charge is 2.13. The first-order valence-corrected chi connectivity index (χ1v) is 8.70. The van der Waals surface area contributed by atoms with Crippen molar-refractivity contribution in [3.63, 3.8) is 0 Å². The monoisotopic (exact) mass is 334 g/mol. The second-order valence-corrected chi connectivity index (χ2v) is 6.42. The summed E-state index contributed by atoms with van der Waals surface area (Å²) in [6.07, 6.45) is 2.62. The molecule has 5 nitrogen and oxygen atoms in total. The summed E-state index contributed by atoms with van der Waals surface area (Å²) in [6, 6.07) is 16.3. The summed E-state index contributed by atoms with van der Waals surface area (Å²) < 4.78 is 5.20. The van der Waals surface area contributed by atoms with Crippen LogP contribution in [0.4, 0.5) is 0 Å². The van der Waals surface area contributed by atoms with Crippen LogP contribution in [0.2, 0.25) is 0 Å². The summed E-state index contributed by atoms with van der Waals surface area (Å²) >= 11 is 0. The van der Waals surface area contributed by atoms with E-state index in [-0.39, 0.29) is 0 Å². The molecule has 1 N–H and O–H groups in total. The maximum absolute atomic E-state index is 5.20. The van der Waals surface area contributed by atoms with Crippen LogP contribution in [0.1, 0.15) is 18.4 Å². The first kappa shape index (κ1) is 15.8. The molecule has 25 heavy (non-hydrogen) atoms. The number of aromatic amines is 1. The Kier molecular flexibility index (Phi) is 4.48. The van der Waals surface area contributed by atoms with E-state index in [1.165, 1.54) is 31.5 Å². The normalized spacial score (nSPS) is 14.8. The highest BCUT2D eigenvalue weighted by atomic mass is 16.5. The van der Waals surface area contributed by atoms with Gasteiger partial charge < -0.3 is 4.74 Å². The van der Waals surface area contributed by atoms with Gasteiger partial charge in [0.15, 0.2) is 11.6 Å². The van der Waals surface area contributed by atoms with Crippen LogP contribution in [-0.2, 0) is 6.54 Å². The zero-order valence-corrected chi connectivity index (χ0v) is 14.4. The number of hydrogen-bond acceptors (Lipinski definition) is 4. The molecule has 3 aromatic rings. The van der Waals surface area contributed by atoms with Crippen LogP contribution in [0.5, 0.6) is 5.75 Å². The number of hydrogen-bond donors (Lipinski definition) is 1. The summed E-state index contributed by atoms with van der Waals surface area (Å²) in [5, 5.41) is 7.44. The number of benzene rings is 2. The van der Waals surface area contributed by atoms with Crippen molar-refractivity contribution in [1.29, 1.82) is 0 Å². The number of ether oxygens (including phenoxy) is 1. The van der Waals surface area contributed by atoms with Crippen LogP contribution in [-0.4, -0.2) is 40.3 Å². The van der Waals surface area contributed by atoms with Gasteiger partial charge >= 0.3 is 0 Å². The number of rotatable bonds is 5. The van der Waals surface area contributed by atoms with Crippen molar-refractivity contribution in [3.8, 4) is 28.5 Å². The zero-order chi connectivity index (χ0) is 17.1. The molecule has 2 heterocycles. The van der Waals surface area contributed by atoms with E-state index >= 15 is 0 Å². The minimum Gasteiger partial charge on any atom is -0.497 e. The van der Waals surface area contributed by atoms with Crippen LogP contribution in [0.3, 0.4) is 0 Å². The van der Waals surface area contributed by atoms with Gasteiger partial charge in [0, 0.05) is 17.7 Å². The second kappa shape index (κ2) is 7.07. The van der Waals surface area contributed by atoms with Gasteiger partial charge in [-0.25, -0.2) is 4.98 Å². The molecule has 0 bridgehead atoms. The fourth-order valence-corrected chi connectivity index (χ4v) is 3.28. The van der Waals surface area contributed by atoms with E-state index in [1.807, 2.05) is 24.3 Å². The summed E-state index contributed by atoms with van der Waals surface area (Å²) in [6.45, 7) is 3.41. The van der Waals surface area contributed by atoms with Crippen molar-refractivity contribution in [1.82, 2.24) is 20.1 Å². The lowest BCUT2D eigenvalue weighted by molar-refractivity contribution is 0.331. The van der Waals surface area contributed by atoms with E-state index in [0.29, 0.717) is 0 Å². The summed E-state index contributed by atoms with van der Waals surface area (Å²) in [4.78, 5) is 7.16. The Morgan fingerprint density at radius 1 is 1.04 bits per heavy atom. The van der Waals surface area contributed by atoms with E-state index in [9.17, 15) is 0 Å². The Hall–Kier alpha value is -2.66. The lowest BCUT2D eigenvalue weighted by Gasteiger charge is -2.14. The first-order chi connectivity index (χ1) is 12.3. The number of nitrogens with one attached hydrogen (secondary N) is 1. The molecule has 1 aromatic heterocycles. The molecule has 128 valence electrons. The molecule has 0 aliphatic carbocycles. The number of methoxy groups -OCH3 is 1. The van der Waals surface area contributed by atoms with E-state index in [4.69, 9.17) is 4.74 Å². The maximum atomic E-state index is 5.20. The third-order valence-corrected chi connectivity index (χ3v) is 4.64. The Labute approximate surface area is 147 Å². The minimum atomic E-state index is 0.731. The molecule has 4 rings (SSSR count). The van der Waals surface area contributed by atoms with Gasteiger partial charge in [0.1, 0.15) is 5.75 Å². The van der Waals surface area contributed by atoms with Crippen molar-refractivity contribution < 1.29 is 4.74 Å². The van der Waals surface area contributed by atoms with Crippen LogP contribution in [0.15, 0.2) is 48.5 Å². The molecule has 1 fully saturated rings. The molecule has 0 unspecified atom stereocenters. The van der Waals surface area contributed by atoms with E-state index in [0.717, 1.165) is 35.1 Å². The molecule has 0 saturated carbocycles. The van der Waals surface area contributed by atoms with Crippen molar-refractivity contribution in [3.05, 3.63) is 54.1 Å². The number of aromatic nitrogens is 3. The van der Waals surface area contributed by atoms with Crippen LogP contribution in [0, 0.1) is 0 Å². The molecule has 1 aliphatic heterocycles. The third-order valence-electron chi connectivity index (χ3n) is 4.64. The molecule has 1 saturated heterocycles. The molecular weight excluding hydrogens is 312 g/mol. The topological polar surface area (TPSA) is 54.0 Å². The minimum absolute atomic E-state index is 0.731. The highest BCUT2D eigenvalue weighted by molar-refractivity contribution is 5.62. The Balaban J connectivity index is 1.54. The highest BCUT2D eigenvalue weighted by Crippen LogP contribution is 2.23. The maximum Gasteiger partial charge on any atom is 0.181 e. The van der Waals surface area contributed by atoms with E-state index in [1.54, 1.807) is 7.11 Å². The average molecular weight is 334 g/mol. The van der Waals surface area contributed by atoms with Crippen LogP contribution >= 0.6 is 0 Å². The number of likely N-dealkylation sites (tertiary alicyclic amines) is 1. The van der Waals surface area contributed by atoms with Gasteiger partial charge in [-0.1, -0.05) is 18.2 Å². The fraction of sp³-hybridized carbons (Fsp3) is 0.300. The quantitative estimate of drug-likeness (QED) is 0.772. The Morgan fingerprint density at radius 2 is 1.84 bits per heavy atom. The number of nitrogens with zero attached hydrogens (tertiary/aromatic N) is 3. The molecule has 5 heteroatoms. The van der Waals surface area contributed by atoms with Crippen molar-refractivity contribution in [2.45, 2.75) is 19.4 Å². The van der Waals surface area contributed by atoms with Gasteiger partial charge in [-0.3, -0.25) is 10.00 Å². The van der Waals surface area contributed by atoms with Gasteiger partial charge in [0.25, 0.3) is 0 Å². The third kappa shape index (κ3) is 3.56. The smallest absolute Gasteiger partial charge is 0.181 e. The van der Waals surface area contributed by atoms with Crippen molar-refractivity contribution >= 4 is 0 Å². The summed E-state index contributed by atoms with van der Waals surface area (Å²) in [5.41, 5.74) is 3.36. The van der Waals surface area contributed by atoms with Gasteiger partial charge in [0.05, 0.1) is 7.11 Å². The predicted molar refractivity (Wildman–Crippen MR) is 98.3 cm³/mol. The molecule has 2 aromatic carbocycles. The lowest BCUT2D eigenvalue weighted by Crippen LogP contribution is -2.18. The molecule has 0 atom stereocenters. The molecular formula is C20H22N4O. The zero-order valence-electron chi connectivity index (χ0n) is 14.4. The van der Waals surface area contributed by atoms with E-state index < -0.39 is 0 Å². The van der Waals surface area contributed by atoms with Crippen molar-refractivity contribution in [2.75, 3.05) is 20.2 Å². The summed E-state index contributed by atoms with van der Waals surface area (Å²) in [7, 11) is 1.66. The standard InChI is InChI=1S/C20H22N4O/c1-25-18-9-7-16(8-10-18)19-21-20(23-22-19)17-6-4-5-15(13-17)14-24-11-2-3-12-24/h4-10,13H,2-3,11-12,14H2,1H3,(H,21,22,23). The number of H-pyrrole nitrogens is 1. The van der Waals surface area contributed by atoms with Gasteiger partial charge in [0.2, 0.25) is 0 Å². The fourth-order valence-electron chi connectivity index (χ4n) is 3.28. The largest absolute Gasteiger partial charge is 0.497 e. The average Bonchev–Trinajstić information content (AvgIpc) is 3.34. The van der Waals surface area contributed by atoms with Crippen LogP contribution in [0.25, 0.3) is 22.8 Å². The second-order valence-electron chi connectivity index (χ2n) is 6.42. The predicted octanol–water partition coefficient (Wildman–Crippen LogP) is 3.74. The Morgan fingerprint density at radius 3 is 2.60 bits per heavy atom. The molecule has 0 amide bonds.